The van der Waals surface area contributed by atoms with Gasteiger partial charge >= 0.3 is 0 Å². The van der Waals surface area contributed by atoms with E-state index in [1.807, 2.05) is 48.8 Å². The molecule has 9 heteroatoms. The molecule has 5 rings (SSSR count). The molecule has 0 radical (unpaired) electrons. The van der Waals surface area contributed by atoms with Crippen molar-refractivity contribution < 1.29 is 4.74 Å². The minimum absolute atomic E-state index is 0.0461. The lowest BCUT2D eigenvalue weighted by atomic mass is 10.0. The first-order valence-electron chi connectivity index (χ1n) is 11.0. The number of aromatic nitrogens is 2. The smallest absolute Gasteiger partial charge is 0.170 e. The number of ether oxygens (including phenoxy) is 1. The van der Waals surface area contributed by atoms with E-state index in [1.54, 1.807) is 6.07 Å². The molecule has 2 saturated heterocycles. The van der Waals surface area contributed by atoms with Crippen LogP contribution >= 0.6 is 35.4 Å². The number of morpholine rings is 1. The molecule has 2 fully saturated rings. The zero-order valence-electron chi connectivity index (χ0n) is 18.0. The van der Waals surface area contributed by atoms with Gasteiger partial charge in [-0.15, -0.1) is 0 Å². The van der Waals surface area contributed by atoms with Crippen LogP contribution in [-0.4, -0.2) is 63.9 Å². The van der Waals surface area contributed by atoms with Gasteiger partial charge in [-0.3, -0.25) is 9.88 Å². The summed E-state index contributed by atoms with van der Waals surface area (Å²) in [5.41, 5.74) is 2.92. The lowest BCUT2D eigenvalue weighted by Gasteiger charge is -2.32. The maximum atomic E-state index is 6.59. The summed E-state index contributed by atoms with van der Waals surface area (Å²) in [6.45, 7) is 5.16. The molecule has 0 spiro atoms. The molecule has 1 aromatic carbocycles. The Kier molecular flexibility index (Phi) is 6.85. The van der Waals surface area contributed by atoms with Crippen molar-refractivity contribution >= 4 is 40.5 Å². The van der Waals surface area contributed by atoms with Gasteiger partial charge in [-0.1, -0.05) is 29.3 Å². The van der Waals surface area contributed by atoms with Gasteiger partial charge in [0.1, 0.15) is 0 Å². The third kappa shape index (κ3) is 4.74. The molecule has 3 aromatic rings. The molecule has 33 heavy (non-hydrogen) atoms. The molecule has 0 aliphatic carbocycles. The van der Waals surface area contributed by atoms with Crippen molar-refractivity contribution in [1.82, 2.24) is 24.7 Å². The quantitative estimate of drug-likeness (QED) is 0.502. The Bertz CT molecular complexity index is 1120. The van der Waals surface area contributed by atoms with Crippen LogP contribution in [0.1, 0.15) is 23.5 Å². The van der Waals surface area contributed by atoms with Gasteiger partial charge in [-0.25, -0.2) is 0 Å². The van der Waals surface area contributed by atoms with Crippen LogP contribution in [0.4, 0.5) is 0 Å². The minimum atomic E-state index is -0.0804. The fourth-order valence-corrected chi connectivity index (χ4v) is 5.40. The summed E-state index contributed by atoms with van der Waals surface area (Å²) in [4.78, 5) is 9.34. The summed E-state index contributed by atoms with van der Waals surface area (Å²) < 4.78 is 7.63. The normalized spacial score (nSPS) is 21.4. The monoisotopic (exact) mass is 501 g/mol. The lowest BCUT2D eigenvalue weighted by Crippen LogP contribution is -2.42. The van der Waals surface area contributed by atoms with E-state index in [9.17, 15) is 0 Å². The summed E-state index contributed by atoms with van der Waals surface area (Å²) >= 11 is 18.6. The predicted molar refractivity (Wildman–Crippen MR) is 135 cm³/mol. The van der Waals surface area contributed by atoms with Crippen molar-refractivity contribution in [3.63, 3.8) is 0 Å². The van der Waals surface area contributed by atoms with E-state index in [-0.39, 0.29) is 12.1 Å². The van der Waals surface area contributed by atoms with E-state index >= 15 is 0 Å². The second kappa shape index (κ2) is 9.99. The van der Waals surface area contributed by atoms with Gasteiger partial charge in [0.25, 0.3) is 0 Å². The molecule has 2 aromatic heterocycles. The van der Waals surface area contributed by atoms with Crippen LogP contribution < -0.4 is 5.32 Å². The Morgan fingerprint density at radius 2 is 1.91 bits per heavy atom. The van der Waals surface area contributed by atoms with Crippen LogP contribution in [-0.2, 0) is 4.74 Å². The third-order valence-corrected chi connectivity index (χ3v) is 7.10. The lowest BCUT2D eigenvalue weighted by molar-refractivity contribution is 0.0349. The summed E-state index contributed by atoms with van der Waals surface area (Å²) in [5.74, 6) is 0. The Morgan fingerprint density at radius 1 is 1.06 bits per heavy atom. The van der Waals surface area contributed by atoms with E-state index in [4.69, 9.17) is 40.2 Å². The molecule has 4 heterocycles. The van der Waals surface area contributed by atoms with E-state index in [0.717, 1.165) is 61.6 Å². The van der Waals surface area contributed by atoms with E-state index in [2.05, 4.69) is 30.7 Å². The molecule has 2 aliphatic heterocycles. The van der Waals surface area contributed by atoms with Crippen LogP contribution in [0.3, 0.4) is 0 Å². The molecule has 0 unspecified atom stereocenters. The van der Waals surface area contributed by atoms with Crippen LogP contribution in [0.15, 0.2) is 60.9 Å². The van der Waals surface area contributed by atoms with Crippen LogP contribution in [0.25, 0.3) is 5.69 Å². The highest BCUT2D eigenvalue weighted by molar-refractivity contribution is 7.80. The first-order chi connectivity index (χ1) is 16.1. The average Bonchev–Trinajstić information content (AvgIpc) is 3.43. The number of hydrogen-bond donors (Lipinski definition) is 1. The number of rotatable bonds is 6. The maximum absolute atomic E-state index is 6.59. The minimum Gasteiger partial charge on any atom is -0.379 e. The van der Waals surface area contributed by atoms with Crippen LogP contribution in [0.2, 0.25) is 10.0 Å². The van der Waals surface area contributed by atoms with Crippen molar-refractivity contribution in [1.29, 1.82) is 0 Å². The highest BCUT2D eigenvalue weighted by Gasteiger charge is 2.41. The van der Waals surface area contributed by atoms with Crippen LogP contribution in [0.5, 0.6) is 0 Å². The van der Waals surface area contributed by atoms with Crippen molar-refractivity contribution in [3.05, 3.63) is 82.4 Å². The Morgan fingerprint density at radius 3 is 2.67 bits per heavy atom. The standard InChI is InChI=1S/C24H25Cl2N5OS/c25-17-6-7-20(18(26)16-17)30-9-3-5-21(30)23-22(19-4-1-2-8-27-19)28-24(33)31(23)11-10-29-12-14-32-15-13-29/h1-9,16,22-23H,10-15H2,(H,28,33)/t22-,23-/m0/s1. The number of nitrogens with one attached hydrogen (secondary N) is 1. The van der Waals surface area contributed by atoms with Crippen LogP contribution in [0, 0.1) is 0 Å². The summed E-state index contributed by atoms with van der Waals surface area (Å²) in [6.07, 6.45) is 3.85. The van der Waals surface area contributed by atoms with Gasteiger partial charge in [-0.2, -0.15) is 0 Å². The van der Waals surface area contributed by atoms with Gasteiger partial charge in [0.15, 0.2) is 5.11 Å². The molecule has 0 saturated carbocycles. The highest BCUT2D eigenvalue weighted by atomic mass is 35.5. The molecule has 172 valence electrons. The van der Waals surface area contributed by atoms with Crippen molar-refractivity contribution in [2.45, 2.75) is 12.1 Å². The molecule has 2 atom stereocenters. The molecular formula is C24H25Cl2N5OS. The van der Waals surface area contributed by atoms with Crippen molar-refractivity contribution in [3.8, 4) is 5.69 Å². The number of nitrogens with zero attached hydrogens (tertiary/aromatic N) is 4. The SMILES string of the molecule is S=C1N[C@@H](c2ccccn2)[C@H](c2cccn2-c2ccc(Cl)cc2Cl)N1CCN1CCOCC1. The summed E-state index contributed by atoms with van der Waals surface area (Å²) in [7, 11) is 0. The van der Waals surface area contributed by atoms with Gasteiger partial charge < -0.3 is 19.5 Å². The van der Waals surface area contributed by atoms with Crippen molar-refractivity contribution in [2.75, 3.05) is 39.4 Å². The Hall–Kier alpha value is -2.16. The third-order valence-electron chi connectivity index (χ3n) is 6.21. The number of thiocarbonyl (C=S) groups is 1. The molecular weight excluding hydrogens is 477 g/mol. The van der Waals surface area contributed by atoms with E-state index in [0.29, 0.717) is 10.0 Å². The zero-order valence-corrected chi connectivity index (χ0v) is 20.4. The molecule has 0 bridgehead atoms. The number of benzene rings is 1. The van der Waals surface area contributed by atoms with E-state index in [1.165, 1.54) is 0 Å². The topological polar surface area (TPSA) is 45.6 Å². The fourth-order valence-electron chi connectivity index (χ4n) is 4.57. The Balaban J connectivity index is 1.51. The highest BCUT2D eigenvalue weighted by Crippen LogP contribution is 2.40. The first kappa shape index (κ1) is 22.6. The maximum Gasteiger partial charge on any atom is 0.170 e. The van der Waals surface area contributed by atoms with Gasteiger partial charge in [0, 0.05) is 49.3 Å². The second-order valence-corrected chi connectivity index (χ2v) is 9.40. The van der Waals surface area contributed by atoms with Crippen molar-refractivity contribution in [2.24, 2.45) is 0 Å². The Labute approximate surface area is 209 Å². The fraction of sp³-hybridized carbons (Fsp3) is 0.333. The second-order valence-electron chi connectivity index (χ2n) is 8.17. The van der Waals surface area contributed by atoms with E-state index < -0.39 is 0 Å². The molecule has 0 amide bonds. The number of hydrogen-bond acceptors (Lipinski definition) is 4. The zero-order chi connectivity index (χ0) is 22.8. The predicted octanol–water partition coefficient (Wildman–Crippen LogP) is 4.48. The average molecular weight is 502 g/mol. The van der Waals surface area contributed by atoms with Gasteiger partial charge in [0.2, 0.25) is 0 Å². The number of halogens is 2. The summed E-state index contributed by atoms with van der Waals surface area (Å²) in [6, 6.07) is 15.6. The molecule has 1 N–H and O–H groups in total. The summed E-state index contributed by atoms with van der Waals surface area (Å²) in [5, 5.41) is 5.48. The first-order valence-corrected chi connectivity index (χ1v) is 12.2. The molecule has 6 nitrogen and oxygen atoms in total. The number of pyridine rings is 1. The van der Waals surface area contributed by atoms with Gasteiger partial charge in [0.05, 0.1) is 41.7 Å². The largest absolute Gasteiger partial charge is 0.379 e. The van der Waals surface area contributed by atoms with Gasteiger partial charge in [-0.05, 0) is 54.7 Å². The molecule has 2 aliphatic rings.